The van der Waals surface area contributed by atoms with Gasteiger partial charge in [0.25, 0.3) is 5.91 Å². The molecule has 0 saturated carbocycles. The van der Waals surface area contributed by atoms with Crippen molar-refractivity contribution >= 4 is 17.7 Å². The second-order valence-corrected chi connectivity index (χ2v) is 5.70. The predicted molar refractivity (Wildman–Crippen MR) is 76.7 cm³/mol. The molecule has 1 aromatic heterocycles. The zero-order valence-corrected chi connectivity index (χ0v) is 12.3. The van der Waals surface area contributed by atoms with E-state index >= 15 is 0 Å². The van der Waals surface area contributed by atoms with Gasteiger partial charge >= 0.3 is 0 Å². The highest BCUT2D eigenvalue weighted by molar-refractivity contribution is 7.98. The number of thioether (sulfide) groups is 1. The molecular weight excluding hydrogens is 262 g/mol. The van der Waals surface area contributed by atoms with Crippen LogP contribution >= 0.6 is 11.8 Å². The monoisotopic (exact) mass is 283 g/mol. The smallest absolute Gasteiger partial charge is 0.255 e. The molecule has 1 aromatic rings. The zero-order valence-electron chi connectivity index (χ0n) is 11.4. The molecule has 0 spiro atoms. The molecule has 1 aliphatic rings. The number of rotatable bonds is 6. The minimum absolute atomic E-state index is 0.0310. The van der Waals surface area contributed by atoms with Crippen molar-refractivity contribution in [1.29, 1.82) is 0 Å². The predicted octanol–water partition coefficient (Wildman–Crippen LogP) is 1.78. The van der Waals surface area contributed by atoms with E-state index in [0.717, 1.165) is 30.9 Å². The Bertz CT molecular complexity index is 416. The van der Waals surface area contributed by atoms with E-state index in [9.17, 15) is 4.79 Å². The summed E-state index contributed by atoms with van der Waals surface area (Å²) in [5, 5.41) is 10.0. The van der Waals surface area contributed by atoms with Crippen LogP contribution in [0.4, 0.5) is 0 Å². The lowest BCUT2D eigenvalue weighted by Gasteiger charge is -2.16. The highest BCUT2D eigenvalue weighted by atomic mass is 32.2. The number of nitrogens with zero attached hydrogens (tertiary/aromatic N) is 1. The van der Waals surface area contributed by atoms with Crippen molar-refractivity contribution in [2.45, 2.75) is 31.7 Å². The van der Waals surface area contributed by atoms with Gasteiger partial charge in [-0.15, -0.1) is 0 Å². The van der Waals surface area contributed by atoms with Gasteiger partial charge in [-0.3, -0.25) is 9.89 Å². The summed E-state index contributed by atoms with van der Waals surface area (Å²) in [5.74, 6) is 1.17. The van der Waals surface area contributed by atoms with Crippen LogP contribution in [0, 0.1) is 0 Å². The topological polar surface area (TPSA) is 67.0 Å². The number of aromatic nitrogens is 2. The van der Waals surface area contributed by atoms with Crippen LogP contribution in [0.25, 0.3) is 0 Å². The molecule has 0 aliphatic carbocycles. The standard InChI is InChI=1S/C13H21N3O2S/c1-3-10(8-19-2)15-13(17)11-6-14-16-12(11)9-4-5-18-7-9/h6,9-10H,3-5,7-8H2,1-2H3,(H,14,16)(H,15,17)/t9-,10-/m1/s1. The van der Waals surface area contributed by atoms with E-state index in [2.05, 4.69) is 22.4 Å². The van der Waals surface area contributed by atoms with Gasteiger partial charge in [0.05, 0.1) is 24.1 Å². The van der Waals surface area contributed by atoms with Crippen molar-refractivity contribution in [2.75, 3.05) is 25.2 Å². The van der Waals surface area contributed by atoms with Crippen molar-refractivity contribution in [3.8, 4) is 0 Å². The van der Waals surface area contributed by atoms with Crippen LogP contribution in [0.1, 0.15) is 41.7 Å². The maximum atomic E-state index is 12.3. The molecule has 1 fully saturated rings. The molecule has 0 radical (unpaired) electrons. The van der Waals surface area contributed by atoms with Crippen molar-refractivity contribution in [1.82, 2.24) is 15.5 Å². The maximum Gasteiger partial charge on any atom is 0.255 e. The van der Waals surface area contributed by atoms with Gasteiger partial charge in [0.15, 0.2) is 0 Å². The lowest BCUT2D eigenvalue weighted by molar-refractivity contribution is 0.0938. The SMILES string of the molecule is CC[C@H](CSC)NC(=O)c1cn[nH]c1[C@@H]1CCOC1. The highest BCUT2D eigenvalue weighted by Crippen LogP contribution is 2.26. The summed E-state index contributed by atoms with van der Waals surface area (Å²) >= 11 is 1.74. The largest absolute Gasteiger partial charge is 0.381 e. The molecule has 2 N–H and O–H groups in total. The molecule has 1 amide bonds. The highest BCUT2D eigenvalue weighted by Gasteiger charge is 2.25. The summed E-state index contributed by atoms with van der Waals surface area (Å²) in [4.78, 5) is 12.3. The molecule has 106 valence electrons. The third kappa shape index (κ3) is 3.51. The van der Waals surface area contributed by atoms with Gasteiger partial charge in [-0.2, -0.15) is 16.9 Å². The molecular formula is C13H21N3O2S. The number of hydrogen-bond donors (Lipinski definition) is 2. The molecule has 0 aromatic carbocycles. The molecule has 2 rings (SSSR count). The minimum Gasteiger partial charge on any atom is -0.381 e. The van der Waals surface area contributed by atoms with Gasteiger partial charge in [-0.25, -0.2) is 0 Å². The second kappa shape index (κ2) is 6.96. The first kappa shape index (κ1) is 14.4. The van der Waals surface area contributed by atoms with E-state index in [1.54, 1.807) is 18.0 Å². The number of amides is 1. The van der Waals surface area contributed by atoms with Gasteiger partial charge in [0.2, 0.25) is 0 Å². The Labute approximate surface area is 117 Å². The normalized spacial score (nSPS) is 20.4. The van der Waals surface area contributed by atoms with Gasteiger partial charge in [0, 0.05) is 24.3 Å². The summed E-state index contributed by atoms with van der Waals surface area (Å²) in [6.45, 7) is 3.52. The summed E-state index contributed by atoms with van der Waals surface area (Å²) in [7, 11) is 0. The van der Waals surface area contributed by atoms with Gasteiger partial charge in [-0.05, 0) is 19.1 Å². The van der Waals surface area contributed by atoms with Gasteiger partial charge in [-0.1, -0.05) is 6.92 Å². The molecule has 0 bridgehead atoms. The van der Waals surface area contributed by atoms with Crippen molar-refractivity contribution in [3.05, 3.63) is 17.5 Å². The van der Waals surface area contributed by atoms with E-state index in [1.807, 2.05) is 6.26 Å². The Kier molecular flexibility index (Phi) is 5.27. The van der Waals surface area contributed by atoms with Crippen LogP contribution < -0.4 is 5.32 Å². The van der Waals surface area contributed by atoms with E-state index in [-0.39, 0.29) is 17.9 Å². The lowest BCUT2D eigenvalue weighted by Crippen LogP contribution is -2.36. The van der Waals surface area contributed by atoms with Crippen LogP contribution in [0.3, 0.4) is 0 Å². The van der Waals surface area contributed by atoms with Crippen LogP contribution in [0.15, 0.2) is 6.20 Å². The number of H-pyrrole nitrogens is 1. The summed E-state index contributed by atoms with van der Waals surface area (Å²) < 4.78 is 5.37. The van der Waals surface area contributed by atoms with E-state index in [4.69, 9.17) is 4.74 Å². The molecule has 1 aliphatic heterocycles. The quantitative estimate of drug-likeness (QED) is 0.835. The second-order valence-electron chi connectivity index (χ2n) is 4.79. The summed E-state index contributed by atoms with van der Waals surface area (Å²) in [5.41, 5.74) is 1.57. The molecule has 6 heteroatoms. The summed E-state index contributed by atoms with van der Waals surface area (Å²) in [6.07, 6.45) is 5.56. The molecule has 5 nitrogen and oxygen atoms in total. The third-order valence-electron chi connectivity index (χ3n) is 3.45. The van der Waals surface area contributed by atoms with Crippen LogP contribution in [-0.2, 0) is 4.74 Å². The molecule has 19 heavy (non-hydrogen) atoms. The minimum atomic E-state index is -0.0310. The molecule has 1 saturated heterocycles. The Hall–Kier alpha value is -1.01. The van der Waals surface area contributed by atoms with Crippen molar-refractivity contribution in [2.24, 2.45) is 0 Å². The third-order valence-corrected chi connectivity index (χ3v) is 4.18. The average Bonchev–Trinajstić information content (AvgIpc) is 3.07. The van der Waals surface area contributed by atoms with Gasteiger partial charge in [0.1, 0.15) is 0 Å². The number of carbonyl (C=O) groups is 1. The van der Waals surface area contributed by atoms with Crippen molar-refractivity contribution < 1.29 is 9.53 Å². The van der Waals surface area contributed by atoms with Crippen LogP contribution in [0.5, 0.6) is 0 Å². The molecule has 2 atom stereocenters. The Morgan fingerprint density at radius 3 is 3.21 bits per heavy atom. The van der Waals surface area contributed by atoms with Gasteiger partial charge < -0.3 is 10.1 Å². The Morgan fingerprint density at radius 2 is 2.58 bits per heavy atom. The first-order valence-electron chi connectivity index (χ1n) is 6.67. The Balaban J connectivity index is 2.04. The first-order valence-corrected chi connectivity index (χ1v) is 8.06. The number of carbonyl (C=O) groups excluding carboxylic acids is 1. The van der Waals surface area contributed by atoms with Crippen LogP contribution in [-0.4, -0.2) is 47.4 Å². The van der Waals surface area contributed by atoms with E-state index in [0.29, 0.717) is 12.2 Å². The molecule has 2 heterocycles. The van der Waals surface area contributed by atoms with E-state index in [1.165, 1.54) is 0 Å². The fourth-order valence-electron chi connectivity index (χ4n) is 2.28. The fourth-order valence-corrected chi connectivity index (χ4v) is 3.00. The number of hydrogen-bond acceptors (Lipinski definition) is 4. The molecule has 0 unspecified atom stereocenters. The number of nitrogens with one attached hydrogen (secondary N) is 2. The number of ether oxygens (including phenoxy) is 1. The first-order chi connectivity index (χ1) is 9.26. The lowest BCUT2D eigenvalue weighted by atomic mass is 10.0. The van der Waals surface area contributed by atoms with Crippen LogP contribution in [0.2, 0.25) is 0 Å². The Morgan fingerprint density at radius 1 is 1.74 bits per heavy atom. The number of aromatic amines is 1. The van der Waals surface area contributed by atoms with E-state index < -0.39 is 0 Å². The zero-order chi connectivity index (χ0) is 13.7. The average molecular weight is 283 g/mol. The maximum absolute atomic E-state index is 12.3. The van der Waals surface area contributed by atoms with Crippen molar-refractivity contribution in [3.63, 3.8) is 0 Å². The summed E-state index contributed by atoms with van der Waals surface area (Å²) in [6, 6.07) is 0.213. The fraction of sp³-hybridized carbons (Fsp3) is 0.692.